The second-order valence-corrected chi connectivity index (χ2v) is 4.97. The normalized spacial score (nSPS) is 39.6. The van der Waals surface area contributed by atoms with Gasteiger partial charge in [-0.25, -0.2) is 4.57 Å². The smallest absolute Gasteiger partial charge is 0.394 e. The number of aliphatic hydroxyl groups excluding tert-OH is 5. The number of aliphatic hydroxyl groups is 5. The van der Waals surface area contributed by atoms with E-state index in [2.05, 4.69) is 9.26 Å². The first kappa shape index (κ1) is 15.9. The SMILES string of the molecule is O=P(O)(O)O[C@H]1[C@H](O)[C@@H]([C@@H](O)CO)O[C@@H](O)[C@H]1O. The lowest BCUT2D eigenvalue weighted by Crippen LogP contribution is -2.61. The number of ether oxygens (including phenoxy) is 1. The van der Waals surface area contributed by atoms with Crippen molar-refractivity contribution in [1.29, 1.82) is 0 Å². The maximum atomic E-state index is 10.7. The molecular formula is C7H15O10P. The van der Waals surface area contributed by atoms with E-state index in [0.29, 0.717) is 0 Å². The first-order valence-electron chi connectivity index (χ1n) is 4.90. The van der Waals surface area contributed by atoms with Crippen LogP contribution in [0.1, 0.15) is 0 Å². The van der Waals surface area contributed by atoms with E-state index >= 15 is 0 Å². The Kier molecular flexibility index (Phi) is 5.21. The van der Waals surface area contributed by atoms with Gasteiger partial charge in [-0.3, -0.25) is 4.52 Å². The maximum absolute atomic E-state index is 10.7. The van der Waals surface area contributed by atoms with Crippen molar-refractivity contribution in [3.63, 3.8) is 0 Å². The summed E-state index contributed by atoms with van der Waals surface area (Å²) in [5, 5.41) is 46.3. The summed E-state index contributed by atoms with van der Waals surface area (Å²) >= 11 is 0. The van der Waals surface area contributed by atoms with E-state index in [4.69, 9.17) is 14.9 Å². The molecule has 0 radical (unpaired) electrons. The summed E-state index contributed by atoms with van der Waals surface area (Å²) in [6, 6.07) is 0. The summed E-state index contributed by atoms with van der Waals surface area (Å²) in [6.45, 7) is -0.826. The van der Waals surface area contributed by atoms with Gasteiger partial charge >= 0.3 is 7.82 Å². The Morgan fingerprint density at radius 3 is 2.22 bits per heavy atom. The van der Waals surface area contributed by atoms with Gasteiger partial charge in [-0.1, -0.05) is 0 Å². The van der Waals surface area contributed by atoms with Gasteiger partial charge in [0.15, 0.2) is 6.29 Å². The summed E-state index contributed by atoms with van der Waals surface area (Å²) in [6.07, 6.45) is -10.8. The van der Waals surface area contributed by atoms with E-state index in [1.54, 1.807) is 0 Å². The zero-order valence-corrected chi connectivity index (χ0v) is 9.87. The van der Waals surface area contributed by atoms with Crippen molar-refractivity contribution in [1.82, 2.24) is 0 Å². The molecule has 0 aromatic heterocycles. The molecule has 0 saturated carbocycles. The van der Waals surface area contributed by atoms with Crippen molar-refractivity contribution < 1.29 is 49.1 Å². The Hall–Kier alpha value is -0.130. The molecule has 0 aromatic carbocycles. The molecule has 6 atom stereocenters. The predicted octanol–water partition coefficient (Wildman–Crippen LogP) is -3.74. The van der Waals surface area contributed by atoms with Crippen molar-refractivity contribution in [2.45, 2.75) is 36.8 Å². The minimum absolute atomic E-state index is 0.826. The van der Waals surface area contributed by atoms with Gasteiger partial charge in [0.1, 0.15) is 30.5 Å². The van der Waals surface area contributed by atoms with E-state index in [1.165, 1.54) is 0 Å². The van der Waals surface area contributed by atoms with Crippen molar-refractivity contribution in [3.8, 4) is 0 Å². The van der Waals surface area contributed by atoms with Crippen LogP contribution in [0.25, 0.3) is 0 Å². The maximum Gasteiger partial charge on any atom is 0.470 e. The highest BCUT2D eigenvalue weighted by molar-refractivity contribution is 7.46. The molecule has 0 spiro atoms. The minimum atomic E-state index is -5.03. The number of hydrogen-bond acceptors (Lipinski definition) is 8. The van der Waals surface area contributed by atoms with Crippen molar-refractivity contribution in [2.24, 2.45) is 0 Å². The number of phosphoric ester groups is 1. The van der Waals surface area contributed by atoms with Gasteiger partial charge in [-0.2, -0.15) is 0 Å². The average molecular weight is 290 g/mol. The fraction of sp³-hybridized carbons (Fsp3) is 1.00. The van der Waals surface area contributed by atoms with Gasteiger partial charge in [-0.15, -0.1) is 0 Å². The molecule has 0 aliphatic carbocycles. The van der Waals surface area contributed by atoms with Crippen LogP contribution in [0.3, 0.4) is 0 Å². The lowest BCUT2D eigenvalue weighted by atomic mass is 9.96. The summed E-state index contributed by atoms with van der Waals surface area (Å²) in [7, 11) is -5.03. The molecule has 11 heteroatoms. The second kappa shape index (κ2) is 5.88. The summed E-state index contributed by atoms with van der Waals surface area (Å²) in [5.74, 6) is 0. The molecular weight excluding hydrogens is 275 g/mol. The van der Waals surface area contributed by atoms with E-state index in [1.807, 2.05) is 0 Å². The summed E-state index contributed by atoms with van der Waals surface area (Å²) in [4.78, 5) is 17.2. The molecule has 10 nitrogen and oxygen atoms in total. The Balaban J connectivity index is 2.88. The highest BCUT2D eigenvalue weighted by atomic mass is 31.2. The van der Waals surface area contributed by atoms with Gasteiger partial charge in [0, 0.05) is 0 Å². The predicted molar refractivity (Wildman–Crippen MR) is 52.9 cm³/mol. The average Bonchev–Trinajstić information content (AvgIpc) is 2.27. The lowest BCUT2D eigenvalue weighted by molar-refractivity contribution is -0.295. The van der Waals surface area contributed by atoms with Gasteiger partial charge < -0.3 is 40.1 Å². The Morgan fingerprint density at radius 1 is 1.22 bits per heavy atom. The minimum Gasteiger partial charge on any atom is -0.394 e. The molecule has 18 heavy (non-hydrogen) atoms. The molecule has 108 valence electrons. The molecule has 7 N–H and O–H groups in total. The van der Waals surface area contributed by atoms with Crippen molar-refractivity contribution >= 4 is 7.82 Å². The van der Waals surface area contributed by atoms with E-state index < -0.39 is 51.2 Å². The fourth-order valence-corrected chi connectivity index (χ4v) is 2.15. The summed E-state index contributed by atoms with van der Waals surface area (Å²) < 4.78 is 19.4. The molecule has 1 saturated heterocycles. The van der Waals surface area contributed by atoms with Crippen LogP contribution < -0.4 is 0 Å². The van der Waals surface area contributed by atoms with Crippen molar-refractivity contribution in [3.05, 3.63) is 0 Å². The lowest BCUT2D eigenvalue weighted by Gasteiger charge is -2.41. The van der Waals surface area contributed by atoms with Gasteiger partial charge in [-0.05, 0) is 0 Å². The Bertz CT molecular complexity index is 317. The monoisotopic (exact) mass is 290 g/mol. The van der Waals surface area contributed by atoms with Crippen LogP contribution >= 0.6 is 7.82 Å². The number of hydrogen-bond donors (Lipinski definition) is 7. The largest absolute Gasteiger partial charge is 0.470 e. The van der Waals surface area contributed by atoms with E-state index in [0.717, 1.165) is 0 Å². The van der Waals surface area contributed by atoms with Crippen LogP contribution in [0, 0.1) is 0 Å². The van der Waals surface area contributed by atoms with Crippen LogP contribution in [-0.2, 0) is 13.8 Å². The molecule has 0 aromatic rings. The van der Waals surface area contributed by atoms with Crippen LogP contribution in [0.2, 0.25) is 0 Å². The Morgan fingerprint density at radius 2 is 1.78 bits per heavy atom. The highest BCUT2D eigenvalue weighted by Gasteiger charge is 2.49. The van der Waals surface area contributed by atoms with Crippen LogP contribution in [0.15, 0.2) is 0 Å². The number of rotatable bonds is 4. The van der Waals surface area contributed by atoms with Gasteiger partial charge in [0.05, 0.1) is 6.61 Å². The third-order valence-corrected chi connectivity index (χ3v) is 2.94. The quantitative estimate of drug-likeness (QED) is 0.254. The van der Waals surface area contributed by atoms with Gasteiger partial charge in [0.2, 0.25) is 0 Å². The molecule has 1 aliphatic rings. The molecule has 1 rings (SSSR count). The molecule has 1 fully saturated rings. The number of phosphoric acid groups is 1. The fourth-order valence-electron chi connectivity index (χ4n) is 1.58. The third kappa shape index (κ3) is 3.68. The molecule has 0 amide bonds. The first-order valence-corrected chi connectivity index (χ1v) is 6.43. The zero-order chi connectivity index (χ0) is 14.1. The second-order valence-electron chi connectivity index (χ2n) is 3.78. The standard InChI is InChI=1S/C7H15O10P/c8-1-2(9)5-3(10)6(17-18(13,14)15)4(11)7(12)16-5/h2-12H,1H2,(H2,13,14,15)/t2-,3+,4-,5+,6-,7+/m0/s1. The zero-order valence-electron chi connectivity index (χ0n) is 8.97. The highest BCUT2D eigenvalue weighted by Crippen LogP contribution is 2.41. The van der Waals surface area contributed by atoms with Crippen LogP contribution in [-0.4, -0.2) is 78.7 Å². The molecule has 1 aliphatic heterocycles. The Labute approximate surface area is 101 Å². The van der Waals surface area contributed by atoms with Crippen molar-refractivity contribution in [2.75, 3.05) is 6.61 Å². The topological polar surface area (TPSA) is 177 Å². The van der Waals surface area contributed by atoms with Crippen LogP contribution in [0.5, 0.6) is 0 Å². The van der Waals surface area contributed by atoms with E-state index in [9.17, 15) is 25.0 Å². The first-order chi connectivity index (χ1) is 8.17. The van der Waals surface area contributed by atoms with Crippen LogP contribution in [0.4, 0.5) is 0 Å². The van der Waals surface area contributed by atoms with Gasteiger partial charge in [0.25, 0.3) is 0 Å². The molecule has 0 bridgehead atoms. The molecule has 1 heterocycles. The molecule has 0 unspecified atom stereocenters. The third-order valence-electron chi connectivity index (χ3n) is 2.42. The van der Waals surface area contributed by atoms with E-state index in [-0.39, 0.29) is 0 Å². The summed E-state index contributed by atoms with van der Waals surface area (Å²) in [5.41, 5.74) is 0.